The zero-order valence-corrected chi connectivity index (χ0v) is 17.2. The molecule has 11 heteroatoms. The molecule has 1 N–H and O–H groups in total. The predicted molar refractivity (Wildman–Crippen MR) is 103 cm³/mol. The molecule has 0 spiro atoms. The fourth-order valence-corrected chi connectivity index (χ4v) is 3.77. The summed E-state index contributed by atoms with van der Waals surface area (Å²) in [7, 11) is 1.51. The average Bonchev–Trinajstić information content (AvgIpc) is 3.09. The van der Waals surface area contributed by atoms with Crippen LogP contribution in [0.5, 0.6) is 11.5 Å². The van der Waals surface area contributed by atoms with Gasteiger partial charge in [-0.25, -0.2) is 4.39 Å². The van der Waals surface area contributed by atoms with Gasteiger partial charge in [0.15, 0.2) is 5.75 Å². The molecule has 0 aliphatic carbocycles. The Morgan fingerprint density at radius 2 is 2.07 bits per heavy atom. The lowest BCUT2D eigenvalue weighted by atomic mass is 10.1. The van der Waals surface area contributed by atoms with Crippen molar-refractivity contribution in [3.05, 3.63) is 41.2 Å². The third-order valence-electron chi connectivity index (χ3n) is 4.14. The van der Waals surface area contributed by atoms with Crippen LogP contribution in [0, 0.1) is 13.8 Å². The van der Waals surface area contributed by atoms with Gasteiger partial charge >= 0.3 is 11.3 Å². The van der Waals surface area contributed by atoms with Gasteiger partial charge < -0.3 is 14.0 Å². The van der Waals surface area contributed by atoms with Gasteiger partial charge in [0.05, 0.1) is 18.3 Å². The molecule has 156 valence electrons. The molecule has 0 amide bonds. The van der Waals surface area contributed by atoms with Gasteiger partial charge in [-0.1, -0.05) is 11.6 Å². The fraction of sp³-hybridized carbons (Fsp3) is 0.333. The number of aryl methyl sites for hydroxylation is 2. The Balaban J connectivity index is 1.92. The van der Waals surface area contributed by atoms with Gasteiger partial charge in [-0.2, -0.15) is 13.8 Å². The number of benzene rings is 1. The Kier molecular flexibility index (Phi) is 6.16. The highest BCUT2D eigenvalue weighted by Gasteiger charge is 2.43. The number of hydrogen-bond donors (Lipinski definition) is 1. The Morgan fingerprint density at radius 3 is 2.72 bits per heavy atom. The quantitative estimate of drug-likeness (QED) is 0.429. The molecule has 2 heterocycles. The summed E-state index contributed by atoms with van der Waals surface area (Å²) in [5.41, 5.74) is -1.13. The summed E-state index contributed by atoms with van der Waals surface area (Å²) in [5.74, 6) is 0.423. The summed E-state index contributed by atoms with van der Waals surface area (Å²) in [6.07, 6.45) is -2.67. The number of nitrogens with zero attached hydrogens (tertiary/aromatic N) is 2. The molecule has 29 heavy (non-hydrogen) atoms. The molecule has 3 rings (SSSR count). The Morgan fingerprint density at radius 1 is 1.34 bits per heavy atom. The average molecular weight is 448 g/mol. The van der Waals surface area contributed by atoms with Gasteiger partial charge in [-0.05, 0) is 31.5 Å². The van der Waals surface area contributed by atoms with Crippen LogP contribution in [0.25, 0.3) is 11.0 Å². The second kappa shape index (κ2) is 8.29. The minimum atomic E-state index is -4.20. The van der Waals surface area contributed by atoms with Crippen LogP contribution >= 0.6 is 11.6 Å². The minimum absolute atomic E-state index is 0.0757. The van der Waals surface area contributed by atoms with Crippen molar-refractivity contribution >= 4 is 33.8 Å². The maximum atomic E-state index is 13.6. The van der Waals surface area contributed by atoms with Crippen molar-refractivity contribution in [3.63, 3.8) is 0 Å². The number of alkyl halides is 4. The van der Waals surface area contributed by atoms with E-state index in [1.54, 1.807) is 12.1 Å². The molecule has 0 aliphatic heterocycles. The van der Waals surface area contributed by atoms with Crippen molar-refractivity contribution in [1.82, 2.24) is 15.0 Å². The summed E-state index contributed by atoms with van der Waals surface area (Å²) in [6.45, 7) is 3.02. The number of methoxy groups -OCH3 is 1. The van der Waals surface area contributed by atoms with Crippen LogP contribution in [-0.2, 0) is 16.9 Å². The number of aromatic nitrogens is 3. The number of halogens is 4. The first-order valence-corrected chi connectivity index (χ1v) is 10.1. The van der Waals surface area contributed by atoms with Crippen LogP contribution in [0.2, 0.25) is 0 Å². The van der Waals surface area contributed by atoms with Crippen LogP contribution in [0.1, 0.15) is 16.8 Å². The molecule has 2 unspecified atom stereocenters. The molecule has 2 aromatic heterocycles. The third-order valence-corrected chi connectivity index (χ3v) is 5.57. The van der Waals surface area contributed by atoms with E-state index in [9.17, 15) is 17.7 Å². The number of rotatable bonds is 7. The number of hydrogen-bond acceptors (Lipinski definition) is 5. The van der Waals surface area contributed by atoms with E-state index in [0.717, 1.165) is 0 Å². The monoisotopic (exact) mass is 447 g/mol. The summed E-state index contributed by atoms with van der Waals surface area (Å²) in [6, 6.07) is 4.83. The predicted octanol–water partition coefficient (Wildman–Crippen LogP) is 4.40. The first-order valence-electron chi connectivity index (χ1n) is 8.34. The second-order valence-corrected chi connectivity index (χ2v) is 7.98. The van der Waals surface area contributed by atoms with Gasteiger partial charge in [-0.3, -0.25) is 9.97 Å². The summed E-state index contributed by atoms with van der Waals surface area (Å²) in [4.78, 5) is 11.3. The van der Waals surface area contributed by atoms with Crippen molar-refractivity contribution in [3.8, 4) is 11.5 Å². The first kappa shape index (κ1) is 21.5. The lowest BCUT2D eigenvalue weighted by Gasteiger charge is -2.20. The molecular weight excluding hydrogens is 431 g/mol. The minimum Gasteiger partial charge on any atom is -0.609 e. The van der Waals surface area contributed by atoms with E-state index in [2.05, 4.69) is 19.7 Å². The van der Waals surface area contributed by atoms with Crippen LogP contribution in [0.15, 0.2) is 29.6 Å². The Bertz CT molecular complexity index is 1030. The highest BCUT2D eigenvalue weighted by molar-refractivity contribution is 7.90. The SMILES string of the molecule is COc1ccnc(C[S+]([O-])c2nc3c(C)c(OC(F)(F)C(F)Cl)c(C)cc3[nH]2)c1. The first-order chi connectivity index (χ1) is 13.6. The molecule has 2 atom stereocenters. The van der Waals surface area contributed by atoms with E-state index >= 15 is 0 Å². The molecular formula is C18H17ClF3N3O3S. The highest BCUT2D eigenvalue weighted by Crippen LogP contribution is 2.36. The third kappa shape index (κ3) is 4.54. The number of nitrogens with one attached hydrogen (secondary N) is 1. The summed E-state index contributed by atoms with van der Waals surface area (Å²) >= 11 is 3.29. The molecule has 1 aromatic carbocycles. The van der Waals surface area contributed by atoms with Crippen molar-refractivity contribution in [1.29, 1.82) is 0 Å². The van der Waals surface area contributed by atoms with E-state index in [1.165, 1.54) is 33.2 Å². The standard InChI is InChI=1S/C18H17ClF3N3O3S/c1-9-6-13-14(10(2)15(9)28-18(21,22)16(19)20)25-17(24-13)29(26)8-11-7-12(27-3)4-5-23-11/h4-7,16H,8H2,1-3H3,(H,24,25). The maximum absolute atomic E-state index is 13.6. The van der Waals surface area contributed by atoms with Gasteiger partial charge in [0.1, 0.15) is 17.0 Å². The van der Waals surface area contributed by atoms with Crippen LogP contribution in [0.3, 0.4) is 0 Å². The van der Waals surface area contributed by atoms with E-state index in [0.29, 0.717) is 22.5 Å². The van der Waals surface area contributed by atoms with Crippen molar-refractivity contribution in [2.75, 3.05) is 7.11 Å². The molecule has 0 radical (unpaired) electrons. The number of pyridine rings is 1. The zero-order valence-electron chi connectivity index (χ0n) is 15.6. The summed E-state index contributed by atoms with van der Waals surface area (Å²) < 4.78 is 62.5. The molecule has 6 nitrogen and oxygen atoms in total. The lowest BCUT2D eigenvalue weighted by Crippen LogP contribution is -2.33. The molecule has 3 aromatic rings. The van der Waals surface area contributed by atoms with Crippen molar-refractivity contribution < 1.29 is 27.2 Å². The van der Waals surface area contributed by atoms with Crippen LogP contribution in [-0.4, -0.2) is 38.4 Å². The zero-order chi connectivity index (χ0) is 21.3. The molecule has 0 bridgehead atoms. The van der Waals surface area contributed by atoms with E-state index in [1.807, 2.05) is 0 Å². The van der Waals surface area contributed by atoms with Crippen LogP contribution in [0.4, 0.5) is 13.2 Å². The number of imidazole rings is 1. The Hall–Kier alpha value is -2.17. The maximum Gasteiger partial charge on any atom is 0.444 e. The van der Waals surface area contributed by atoms with E-state index in [4.69, 9.17) is 16.3 Å². The van der Waals surface area contributed by atoms with Gasteiger partial charge in [0.2, 0.25) is 0 Å². The van der Waals surface area contributed by atoms with E-state index < -0.39 is 22.9 Å². The highest BCUT2D eigenvalue weighted by atomic mass is 35.5. The fourth-order valence-electron chi connectivity index (χ4n) is 2.75. The normalized spacial score (nSPS) is 14.1. The van der Waals surface area contributed by atoms with Crippen molar-refractivity contribution in [2.45, 2.75) is 36.5 Å². The molecule has 0 fully saturated rings. The van der Waals surface area contributed by atoms with Crippen LogP contribution < -0.4 is 9.47 Å². The number of ether oxygens (including phenoxy) is 2. The van der Waals surface area contributed by atoms with Crippen molar-refractivity contribution in [2.24, 2.45) is 0 Å². The molecule has 0 saturated carbocycles. The topological polar surface area (TPSA) is 83.1 Å². The van der Waals surface area contributed by atoms with Gasteiger partial charge in [0.25, 0.3) is 5.63 Å². The Labute approximate surface area is 172 Å². The van der Waals surface area contributed by atoms with E-state index in [-0.39, 0.29) is 27.7 Å². The van der Waals surface area contributed by atoms with Gasteiger partial charge in [0, 0.05) is 29.0 Å². The lowest BCUT2D eigenvalue weighted by molar-refractivity contribution is -0.199. The summed E-state index contributed by atoms with van der Waals surface area (Å²) in [5, 5.41) is 0.150. The smallest absolute Gasteiger partial charge is 0.444 e. The largest absolute Gasteiger partial charge is 0.609 e. The second-order valence-electron chi connectivity index (χ2n) is 6.23. The molecule has 0 saturated heterocycles. The molecule has 0 aliphatic rings. The number of H-pyrrole nitrogens is 1. The number of fused-ring (bicyclic) bond motifs is 1. The number of aromatic amines is 1. The van der Waals surface area contributed by atoms with Gasteiger partial charge in [-0.15, -0.1) is 0 Å².